The lowest BCUT2D eigenvalue weighted by Crippen LogP contribution is -2.21. The van der Waals surface area contributed by atoms with E-state index in [1.165, 1.54) is 18.2 Å². The molecule has 1 aromatic heterocycles. The summed E-state index contributed by atoms with van der Waals surface area (Å²) in [5.41, 5.74) is 0.0860. The van der Waals surface area contributed by atoms with Gasteiger partial charge in [0.1, 0.15) is 5.75 Å². The maximum atomic E-state index is 12.5. The zero-order valence-corrected chi connectivity index (χ0v) is 14.6. The van der Waals surface area contributed by atoms with Gasteiger partial charge in [-0.3, -0.25) is 9.89 Å². The van der Waals surface area contributed by atoms with Gasteiger partial charge in [-0.15, -0.1) is 13.2 Å². The minimum atomic E-state index is -4.89. The Labute approximate surface area is 152 Å². The third-order valence-electron chi connectivity index (χ3n) is 3.47. The number of hydrogen-bond acceptors (Lipinski definition) is 4. The number of aromatic carboxylic acids is 1. The molecule has 0 saturated carbocycles. The van der Waals surface area contributed by atoms with E-state index in [1.54, 1.807) is 0 Å². The molecule has 146 valence electrons. The molecule has 0 spiro atoms. The standard InChI is InChI=1S/C17H18F3N3O4/c1-9(2)7-11-14(15(16(25)26)23-22-11)21-13(24)8-10-5-3-4-6-12(10)27-17(18,19)20/h3-6,9H,7-8H2,1-2H3,(H,21,24)(H,22,23)(H,25,26). The van der Waals surface area contributed by atoms with Crippen molar-refractivity contribution < 1.29 is 32.6 Å². The first kappa shape index (κ1) is 20.3. The summed E-state index contributed by atoms with van der Waals surface area (Å²) in [5, 5.41) is 17.9. The molecular weight excluding hydrogens is 367 g/mol. The van der Waals surface area contributed by atoms with Crippen molar-refractivity contribution in [2.24, 2.45) is 5.92 Å². The van der Waals surface area contributed by atoms with Gasteiger partial charge in [-0.1, -0.05) is 32.0 Å². The number of ether oxygens (including phenoxy) is 1. The molecule has 2 aromatic rings. The smallest absolute Gasteiger partial charge is 0.476 e. The highest BCUT2D eigenvalue weighted by Gasteiger charge is 2.32. The molecule has 1 heterocycles. The molecule has 27 heavy (non-hydrogen) atoms. The number of anilines is 1. The van der Waals surface area contributed by atoms with Gasteiger partial charge in [0.15, 0.2) is 5.69 Å². The maximum absolute atomic E-state index is 12.5. The third kappa shape index (κ3) is 5.73. The number of carboxylic acids is 1. The quantitative estimate of drug-likeness (QED) is 0.678. The third-order valence-corrected chi connectivity index (χ3v) is 3.47. The second kappa shape index (κ2) is 8.11. The summed E-state index contributed by atoms with van der Waals surface area (Å²) in [6.45, 7) is 3.80. The molecule has 2 rings (SSSR count). The Balaban J connectivity index is 2.22. The van der Waals surface area contributed by atoms with Crippen LogP contribution in [0.4, 0.5) is 18.9 Å². The molecule has 0 fully saturated rings. The normalized spacial score (nSPS) is 11.5. The van der Waals surface area contributed by atoms with E-state index < -0.39 is 30.4 Å². The molecular formula is C17H18F3N3O4. The number of alkyl halides is 3. The van der Waals surface area contributed by atoms with Crippen molar-refractivity contribution in [3.63, 3.8) is 0 Å². The van der Waals surface area contributed by atoms with E-state index in [2.05, 4.69) is 20.3 Å². The van der Waals surface area contributed by atoms with Crippen molar-refractivity contribution in [1.29, 1.82) is 0 Å². The SMILES string of the molecule is CC(C)Cc1[nH]nc(C(=O)O)c1NC(=O)Cc1ccccc1OC(F)(F)F. The van der Waals surface area contributed by atoms with Crippen LogP contribution in [0.25, 0.3) is 0 Å². The summed E-state index contributed by atoms with van der Waals surface area (Å²) in [5.74, 6) is -2.36. The fourth-order valence-corrected chi connectivity index (χ4v) is 2.45. The van der Waals surface area contributed by atoms with Crippen LogP contribution in [-0.4, -0.2) is 33.5 Å². The van der Waals surface area contributed by atoms with Gasteiger partial charge in [0.25, 0.3) is 0 Å². The molecule has 7 nitrogen and oxygen atoms in total. The second-order valence-corrected chi connectivity index (χ2v) is 6.21. The Kier molecular flexibility index (Phi) is 6.09. The van der Waals surface area contributed by atoms with Crippen LogP contribution < -0.4 is 10.1 Å². The fourth-order valence-electron chi connectivity index (χ4n) is 2.45. The maximum Gasteiger partial charge on any atom is 0.573 e. The molecule has 0 bridgehead atoms. The number of hydrogen-bond donors (Lipinski definition) is 3. The Morgan fingerprint density at radius 2 is 1.96 bits per heavy atom. The van der Waals surface area contributed by atoms with E-state index in [9.17, 15) is 27.9 Å². The van der Waals surface area contributed by atoms with E-state index in [0.717, 1.165) is 6.07 Å². The number of halogens is 3. The van der Waals surface area contributed by atoms with Crippen LogP contribution in [-0.2, 0) is 17.6 Å². The Morgan fingerprint density at radius 1 is 1.30 bits per heavy atom. The number of carboxylic acid groups (broad SMARTS) is 1. The van der Waals surface area contributed by atoms with Crippen LogP contribution in [0.5, 0.6) is 5.75 Å². The average molecular weight is 385 g/mol. The lowest BCUT2D eigenvalue weighted by Gasteiger charge is -2.13. The zero-order valence-electron chi connectivity index (χ0n) is 14.6. The molecule has 0 radical (unpaired) electrons. The number of para-hydroxylation sites is 1. The number of aromatic amines is 1. The molecule has 0 aliphatic carbocycles. The first-order valence-electron chi connectivity index (χ1n) is 8.01. The van der Waals surface area contributed by atoms with Crippen molar-refractivity contribution >= 4 is 17.6 Å². The molecule has 1 amide bonds. The number of benzene rings is 1. The fraction of sp³-hybridized carbons (Fsp3) is 0.353. The molecule has 0 atom stereocenters. The van der Waals surface area contributed by atoms with Crippen LogP contribution in [0.1, 0.15) is 35.6 Å². The Hall–Kier alpha value is -3.04. The van der Waals surface area contributed by atoms with Gasteiger partial charge in [-0.25, -0.2) is 4.79 Å². The highest BCUT2D eigenvalue weighted by atomic mass is 19.4. The predicted octanol–water partition coefficient (Wildman–Crippen LogP) is 3.39. The van der Waals surface area contributed by atoms with Crippen LogP contribution in [0.2, 0.25) is 0 Å². The van der Waals surface area contributed by atoms with E-state index in [4.69, 9.17) is 0 Å². The molecule has 0 unspecified atom stereocenters. The van der Waals surface area contributed by atoms with Crippen molar-refractivity contribution in [3.05, 3.63) is 41.2 Å². The first-order valence-corrected chi connectivity index (χ1v) is 8.01. The van der Waals surface area contributed by atoms with Gasteiger partial charge < -0.3 is 15.2 Å². The lowest BCUT2D eigenvalue weighted by atomic mass is 10.1. The predicted molar refractivity (Wildman–Crippen MR) is 89.5 cm³/mol. The van der Waals surface area contributed by atoms with E-state index in [1.807, 2.05) is 13.8 Å². The number of rotatable bonds is 7. The molecule has 0 saturated heterocycles. The second-order valence-electron chi connectivity index (χ2n) is 6.21. The molecule has 0 aliphatic heterocycles. The highest BCUT2D eigenvalue weighted by Crippen LogP contribution is 2.27. The monoisotopic (exact) mass is 385 g/mol. The van der Waals surface area contributed by atoms with E-state index in [0.29, 0.717) is 12.1 Å². The molecule has 0 aliphatic rings. The van der Waals surface area contributed by atoms with Gasteiger partial charge in [-0.05, 0) is 18.4 Å². The topological polar surface area (TPSA) is 104 Å². The summed E-state index contributed by atoms with van der Waals surface area (Å²) >= 11 is 0. The summed E-state index contributed by atoms with van der Waals surface area (Å²) in [6.07, 6.45) is -4.89. The Morgan fingerprint density at radius 3 is 2.56 bits per heavy atom. The zero-order chi connectivity index (χ0) is 20.2. The van der Waals surface area contributed by atoms with Crippen LogP contribution >= 0.6 is 0 Å². The molecule has 3 N–H and O–H groups in total. The summed E-state index contributed by atoms with van der Waals surface area (Å²) in [4.78, 5) is 23.6. The van der Waals surface area contributed by atoms with Gasteiger partial charge in [0.2, 0.25) is 5.91 Å². The molecule has 1 aromatic carbocycles. The highest BCUT2D eigenvalue weighted by molar-refractivity contribution is 6.00. The number of aromatic nitrogens is 2. The van der Waals surface area contributed by atoms with Gasteiger partial charge in [-0.2, -0.15) is 5.10 Å². The average Bonchev–Trinajstić information content (AvgIpc) is 2.90. The minimum Gasteiger partial charge on any atom is -0.476 e. The van der Waals surface area contributed by atoms with Crippen molar-refractivity contribution in [3.8, 4) is 5.75 Å². The number of H-pyrrole nitrogens is 1. The number of nitrogens with one attached hydrogen (secondary N) is 2. The summed E-state index contributed by atoms with van der Waals surface area (Å²) in [6, 6.07) is 5.24. The molecule has 10 heteroatoms. The number of nitrogens with zero attached hydrogens (tertiary/aromatic N) is 1. The first-order chi connectivity index (χ1) is 12.6. The summed E-state index contributed by atoms with van der Waals surface area (Å²) in [7, 11) is 0. The van der Waals surface area contributed by atoms with Gasteiger partial charge in [0.05, 0.1) is 17.8 Å². The van der Waals surface area contributed by atoms with Crippen molar-refractivity contribution in [1.82, 2.24) is 10.2 Å². The Bertz CT molecular complexity index is 831. The number of carbonyl (C=O) groups excluding carboxylic acids is 1. The number of carbonyl (C=O) groups is 2. The largest absolute Gasteiger partial charge is 0.573 e. The number of amides is 1. The van der Waals surface area contributed by atoms with Crippen molar-refractivity contribution in [2.45, 2.75) is 33.1 Å². The van der Waals surface area contributed by atoms with Crippen molar-refractivity contribution in [2.75, 3.05) is 5.32 Å². The summed E-state index contributed by atoms with van der Waals surface area (Å²) < 4.78 is 41.4. The van der Waals surface area contributed by atoms with Gasteiger partial charge in [0, 0.05) is 5.56 Å². The van der Waals surface area contributed by atoms with Crippen LogP contribution in [0.15, 0.2) is 24.3 Å². The van der Waals surface area contributed by atoms with Gasteiger partial charge >= 0.3 is 12.3 Å². The minimum absolute atomic E-state index is 0.00965. The van der Waals surface area contributed by atoms with E-state index in [-0.39, 0.29) is 22.9 Å². The van der Waals surface area contributed by atoms with Crippen LogP contribution in [0.3, 0.4) is 0 Å². The van der Waals surface area contributed by atoms with Crippen LogP contribution in [0, 0.1) is 5.92 Å². The van der Waals surface area contributed by atoms with E-state index >= 15 is 0 Å². The lowest BCUT2D eigenvalue weighted by molar-refractivity contribution is -0.274.